The minimum Gasteiger partial charge on any atom is -0.462 e. The Hall–Kier alpha value is -4.64. The molecule has 3 aromatic carbocycles. The quantitative estimate of drug-likeness (QED) is 0.0752. The van der Waals surface area contributed by atoms with E-state index < -0.39 is 0 Å². The van der Waals surface area contributed by atoms with Crippen molar-refractivity contribution in [1.82, 2.24) is 9.88 Å². The second-order valence-corrected chi connectivity index (χ2v) is 10.7. The normalized spacial score (nSPS) is 12.7. The Labute approximate surface area is 255 Å². The maximum Gasteiger partial charge on any atom is 0.338 e. The highest BCUT2D eigenvalue weighted by Gasteiger charge is 2.18. The Balaban J connectivity index is 1.51. The van der Waals surface area contributed by atoms with Crippen LogP contribution in [0.2, 0.25) is 0 Å². The van der Waals surface area contributed by atoms with Gasteiger partial charge in [0.15, 0.2) is 0 Å². The zero-order valence-corrected chi connectivity index (χ0v) is 25.7. The lowest BCUT2D eigenvalue weighted by Crippen LogP contribution is -2.28. The van der Waals surface area contributed by atoms with E-state index in [4.69, 9.17) is 4.74 Å². The molecule has 1 heterocycles. The van der Waals surface area contributed by atoms with Crippen LogP contribution in [0.25, 0.3) is 16.5 Å². The van der Waals surface area contributed by atoms with E-state index >= 15 is 0 Å². The van der Waals surface area contributed by atoms with Gasteiger partial charge in [-0.3, -0.25) is 4.79 Å². The van der Waals surface area contributed by atoms with Crippen LogP contribution in [-0.4, -0.2) is 23.1 Å². The number of fused-ring (bicyclic) bond motifs is 1. The molecule has 4 aromatic rings. The van der Waals surface area contributed by atoms with E-state index in [-0.39, 0.29) is 17.9 Å². The van der Waals surface area contributed by atoms with E-state index in [1.54, 1.807) is 12.2 Å². The van der Waals surface area contributed by atoms with Crippen molar-refractivity contribution in [1.29, 1.82) is 0 Å². The number of aromatic nitrogens is 1. The number of amides is 1. The summed E-state index contributed by atoms with van der Waals surface area (Å²) < 4.78 is 7.70. The Morgan fingerprint density at radius 1 is 1.00 bits per heavy atom. The van der Waals surface area contributed by atoms with Gasteiger partial charge >= 0.3 is 5.97 Å². The third-order valence-corrected chi connectivity index (χ3v) is 7.69. The fourth-order valence-electron chi connectivity index (χ4n) is 5.33. The maximum atomic E-state index is 13.2. The van der Waals surface area contributed by atoms with E-state index in [0.29, 0.717) is 24.3 Å². The first kappa shape index (κ1) is 31.3. The standard InChI is InChI=1S/C38H42N2O3/c1-6-10-23-43-38(42)33(14-7-2)32(8-3)29-19-17-28(18-20-29)26-40-25-27(5)34-24-31(21-22-36(34)40)37(41)39-35(9-4)30-15-12-11-13-16-30/h7-8,11-22,24-25,35H,2,6,9-10,23,26H2,1,3-5H3,(H,39,41)/b32-8-,33-14+. The molecule has 43 heavy (non-hydrogen) atoms. The number of hydrogen-bond acceptors (Lipinski definition) is 3. The minimum atomic E-state index is -0.335. The number of rotatable bonds is 13. The van der Waals surface area contributed by atoms with Gasteiger partial charge in [-0.1, -0.05) is 93.6 Å². The van der Waals surface area contributed by atoms with Crippen LogP contribution in [0.4, 0.5) is 0 Å². The lowest BCUT2D eigenvalue weighted by atomic mass is 9.96. The minimum absolute atomic E-state index is 0.0313. The highest BCUT2D eigenvalue weighted by molar-refractivity contribution is 6.06. The van der Waals surface area contributed by atoms with Gasteiger partial charge in [0.1, 0.15) is 0 Å². The van der Waals surface area contributed by atoms with Crippen LogP contribution >= 0.6 is 0 Å². The summed E-state index contributed by atoms with van der Waals surface area (Å²) in [6, 6.07) is 24.2. The topological polar surface area (TPSA) is 60.3 Å². The van der Waals surface area contributed by atoms with Crippen LogP contribution in [-0.2, 0) is 16.1 Å². The largest absolute Gasteiger partial charge is 0.462 e. The van der Waals surface area contributed by atoms with Gasteiger partial charge in [-0.2, -0.15) is 0 Å². The number of carbonyl (C=O) groups is 2. The van der Waals surface area contributed by atoms with Crippen molar-refractivity contribution in [2.45, 2.75) is 59.5 Å². The third-order valence-electron chi connectivity index (χ3n) is 7.69. The summed E-state index contributed by atoms with van der Waals surface area (Å²) in [5, 5.41) is 4.26. The first-order valence-corrected chi connectivity index (χ1v) is 15.1. The zero-order valence-electron chi connectivity index (χ0n) is 25.7. The van der Waals surface area contributed by atoms with Gasteiger partial charge in [0.2, 0.25) is 0 Å². The molecule has 0 saturated heterocycles. The van der Waals surface area contributed by atoms with Gasteiger partial charge in [-0.05, 0) is 78.8 Å². The molecule has 5 nitrogen and oxygen atoms in total. The molecule has 1 amide bonds. The second-order valence-electron chi connectivity index (χ2n) is 10.7. The van der Waals surface area contributed by atoms with Crippen LogP contribution in [0.15, 0.2) is 109 Å². The van der Waals surface area contributed by atoms with E-state index in [9.17, 15) is 9.59 Å². The first-order valence-electron chi connectivity index (χ1n) is 15.1. The van der Waals surface area contributed by atoms with Crippen LogP contribution in [0.1, 0.15) is 78.7 Å². The summed E-state index contributed by atoms with van der Waals surface area (Å²) in [5.41, 5.74) is 7.35. The lowest BCUT2D eigenvalue weighted by molar-refractivity contribution is -0.138. The number of nitrogens with one attached hydrogen (secondary N) is 1. The second kappa shape index (κ2) is 15.0. The van der Waals surface area contributed by atoms with Crippen LogP contribution in [0.3, 0.4) is 0 Å². The molecule has 0 spiro atoms. The third kappa shape index (κ3) is 7.61. The SMILES string of the molecule is C=C/C=C(C(=O)OCCCC)\C(=C/C)c1ccc(Cn2cc(C)c3cc(C(=O)NC(CC)c4ccccc4)ccc32)cc1. The van der Waals surface area contributed by atoms with E-state index in [1.807, 2.05) is 73.7 Å². The molecule has 222 valence electrons. The Kier molecular flexibility index (Phi) is 10.9. The molecule has 1 unspecified atom stereocenters. The van der Waals surface area contributed by atoms with Crippen molar-refractivity contribution in [3.63, 3.8) is 0 Å². The van der Waals surface area contributed by atoms with Crippen LogP contribution in [0, 0.1) is 6.92 Å². The fraction of sp³-hybridized carbons (Fsp3) is 0.263. The van der Waals surface area contributed by atoms with Gasteiger partial charge in [-0.25, -0.2) is 4.79 Å². The molecule has 0 aliphatic rings. The number of hydrogen-bond donors (Lipinski definition) is 1. The number of esters is 1. The molecule has 0 fully saturated rings. The Morgan fingerprint density at radius 2 is 1.72 bits per heavy atom. The number of aryl methyl sites for hydroxylation is 1. The molecular formula is C38H42N2O3. The van der Waals surface area contributed by atoms with Gasteiger partial charge in [0.25, 0.3) is 5.91 Å². The molecule has 1 atom stereocenters. The lowest BCUT2D eigenvalue weighted by Gasteiger charge is -2.17. The predicted octanol–water partition coefficient (Wildman–Crippen LogP) is 8.74. The number of nitrogens with zero attached hydrogens (tertiary/aromatic N) is 1. The highest BCUT2D eigenvalue weighted by Crippen LogP contribution is 2.27. The number of benzene rings is 3. The summed E-state index contributed by atoms with van der Waals surface area (Å²) in [7, 11) is 0. The van der Waals surface area contributed by atoms with Crippen molar-refractivity contribution in [3.05, 3.63) is 137 Å². The summed E-state index contributed by atoms with van der Waals surface area (Å²) in [6.07, 6.45) is 10.0. The van der Waals surface area contributed by atoms with Gasteiger partial charge in [-0.15, -0.1) is 0 Å². The summed E-state index contributed by atoms with van der Waals surface area (Å²) in [5.74, 6) is -0.405. The molecule has 0 radical (unpaired) electrons. The van der Waals surface area contributed by atoms with Gasteiger partial charge in [0, 0.05) is 29.2 Å². The zero-order chi connectivity index (χ0) is 30.8. The number of carbonyl (C=O) groups excluding carboxylic acids is 2. The van der Waals surface area contributed by atoms with E-state index in [2.05, 4.69) is 55.6 Å². The first-order chi connectivity index (χ1) is 20.9. The van der Waals surface area contributed by atoms with Crippen molar-refractivity contribution < 1.29 is 14.3 Å². The number of unbranched alkanes of at least 4 members (excludes halogenated alkanes) is 1. The van der Waals surface area contributed by atoms with Gasteiger partial charge in [0.05, 0.1) is 18.2 Å². The molecule has 1 aromatic heterocycles. The average Bonchev–Trinajstić information content (AvgIpc) is 3.34. The van der Waals surface area contributed by atoms with Crippen molar-refractivity contribution in [3.8, 4) is 0 Å². The molecule has 0 aliphatic heterocycles. The predicted molar refractivity (Wildman–Crippen MR) is 177 cm³/mol. The maximum absolute atomic E-state index is 13.2. The van der Waals surface area contributed by atoms with Crippen molar-refractivity contribution in [2.24, 2.45) is 0 Å². The average molecular weight is 575 g/mol. The van der Waals surface area contributed by atoms with Crippen LogP contribution < -0.4 is 5.32 Å². The van der Waals surface area contributed by atoms with E-state index in [0.717, 1.165) is 58.0 Å². The molecular weight excluding hydrogens is 532 g/mol. The summed E-state index contributed by atoms with van der Waals surface area (Å²) in [6.45, 7) is 13.0. The monoisotopic (exact) mass is 574 g/mol. The van der Waals surface area contributed by atoms with Gasteiger partial charge < -0.3 is 14.6 Å². The van der Waals surface area contributed by atoms with E-state index in [1.165, 1.54) is 0 Å². The molecule has 0 saturated carbocycles. The fourth-order valence-corrected chi connectivity index (χ4v) is 5.33. The Bertz CT molecular complexity index is 1630. The molecule has 0 aliphatic carbocycles. The highest BCUT2D eigenvalue weighted by atomic mass is 16.5. The smallest absolute Gasteiger partial charge is 0.338 e. The summed E-state index contributed by atoms with van der Waals surface area (Å²) >= 11 is 0. The molecule has 5 heteroatoms. The number of allylic oxidation sites excluding steroid dienone is 3. The molecule has 1 N–H and O–H groups in total. The number of ether oxygens (including phenoxy) is 1. The Morgan fingerprint density at radius 3 is 2.37 bits per heavy atom. The van der Waals surface area contributed by atoms with Crippen molar-refractivity contribution >= 4 is 28.4 Å². The summed E-state index contributed by atoms with van der Waals surface area (Å²) in [4.78, 5) is 26.0. The molecule has 4 rings (SSSR count). The molecule has 0 bridgehead atoms. The van der Waals surface area contributed by atoms with Crippen molar-refractivity contribution in [2.75, 3.05) is 6.61 Å². The van der Waals surface area contributed by atoms with Crippen LogP contribution in [0.5, 0.6) is 0 Å².